The van der Waals surface area contributed by atoms with Crippen molar-refractivity contribution in [3.8, 4) is 0 Å². The van der Waals surface area contributed by atoms with E-state index >= 15 is 0 Å². The monoisotopic (exact) mass is 351 g/mol. The number of nitrogens with zero attached hydrogens (tertiary/aromatic N) is 1. The highest BCUT2D eigenvalue weighted by Gasteiger charge is 2.21. The van der Waals surface area contributed by atoms with Crippen molar-refractivity contribution in [3.63, 3.8) is 0 Å². The molecule has 0 heterocycles. The Morgan fingerprint density at radius 2 is 1.71 bits per heavy atom. The Bertz CT molecular complexity index is 406. The van der Waals surface area contributed by atoms with Crippen molar-refractivity contribution >= 4 is 40.5 Å². The van der Waals surface area contributed by atoms with Gasteiger partial charge in [0.05, 0.1) is 19.9 Å². The Labute approximate surface area is 112 Å². The van der Waals surface area contributed by atoms with Gasteiger partial charge in [0.15, 0.2) is 0 Å². The lowest BCUT2D eigenvalue weighted by Crippen LogP contribution is -2.33. The van der Waals surface area contributed by atoms with Crippen molar-refractivity contribution in [2.45, 2.75) is 0 Å². The zero-order chi connectivity index (χ0) is 12.8. The van der Waals surface area contributed by atoms with Gasteiger partial charge in [-0.1, -0.05) is 0 Å². The third-order valence-corrected chi connectivity index (χ3v) is 2.45. The van der Waals surface area contributed by atoms with Gasteiger partial charge < -0.3 is 9.47 Å². The molecule has 0 unspecified atom stereocenters. The van der Waals surface area contributed by atoms with E-state index in [4.69, 9.17) is 0 Å². The standard InChI is InChI=1S/C10H10INO5/c1-15-9(13)12(17-10(14)16-2)8-5-3-7(11)4-6-8/h3-6H,1-2H3. The lowest BCUT2D eigenvalue weighted by atomic mass is 10.3. The van der Waals surface area contributed by atoms with E-state index < -0.39 is 12.2 Å². The van der Waals surface area contributed by atoms with E-state index in [1.165, 1.54) is 7.11 Å². The summed E-state index contributed by atoms with van der Waals surface area (Å²) in [6.07, 6.45) is -1.83. The molecule has 17 heavy (non-hydrogen) atoms. The summed E-state index contributed by atoms with van der Waals surface area (Å²) in [6.45, 7) is 0. The van der Waals surface area contributed by atoms with Crippen LogP contribution in [-0.2, 0) is 14.3 Å². The fraction of sp³-hybridized carbons (Fsp3) is 0.200. The zero-order valence-corrected chi connectivity index (χ0v) is 11.3. The molecular formula is C10H10INO5. The Morgan fingerprint density at radius 3 is 2.18 bits per heavy atom. The fourth-order valence-corrected chi connectivity index (χ4v) is 1.33. The molecule has 0 N–H and O–H groups in total. The number of carbonyl (C=O) groups excluding carboxylic acids is 2. The first kappa shape index (κ1) is 13.6. The maximum Gasteiger partial charge on any atom is 0.533 e. The summed E-state index contributed by atoms with van der Waals surface area (Å²) in [5, 5.41) is 0.710. The normalized spacial score (nSPS) is 9.35. The van der Waals surface area contributed by atoms with Gasteiger partial charge >= 0.3 is 12.2 Å². The minimum atomic E-state index is -1.01. The van der Waals surface area contributed by atoms with Crippen LogP contribution in [0.15, 0.2) is 24.3 Å². The van der Waals surface area contributed by atoms with Crippen molar-refractivity contribution in [1.29, 1.82) is 0 Å². The highest BCUT2D eigenvalue weighted by molar-refractivity contribution is 14.1. The second-order valence-electron chi connectivity index (χ2n) is 2.79. The van der Waals surface area contributed by atoms with Crippen LogP contribution >= 0.6 is 22.6 Å². The molecule has 0 saturated heterocycles. The number of hydrogen-bond acceptors (Lipinski definition) is 5. The minimum Gasteiger partial charge on any atom is -0.450 e. The lowest BCUT2D eigenvalue weighted by Gasteiger charge is -2.18. The summed E-state index contributed by atoms with van der Waals surface area (Å²) < 4.78 is 9.78. The topological polar surface area (TPSA) is 65.1 Å². The third-order valence-electron chi connectivity index (χ3n) is 1.73. The van der Waals surface area contributed by atoms with Gasteiger partial charge in [-0.3, -0.25) is 4.84 Å². The van der Waals surface area contributed by atoms with Crippen LogP contribution in [-0.4, -0.2) is 26.5 Å². The molecule has 0 atom stereocenters. The van der Waals surface area contributed by atoms with E-state index in [1.807, 2.05) is 0 Å². The van der Waals surface area contributed by atoms with Gasteiger partial charge in [-0.2, -0.15) is 0 Å². The molecule has 7 heteroatoms. The van der Waals surface area contributed by atoms with E-state index in [9.17, 15) is 9.59 Å². The van der Waals surface area contributed by atoms with Gasteiger partial charge in [0.25, 0.3) is 0 Å². The number of hydrogen-bond donors (Lipinski definition) is 0. The summed E-state index contributed by atoms with van der Waals surface area (Å²) in [5.74, 6) is 0. The minimum absolute atomic E-state index is 0.364. The molecule has 0 aliphatic heterocycles. The van der Waals surface area contributed by atoms with Crippen LogP contribution in [0.4, 0.5) is 15.3 Å². The van der Waals surface area contributed by atoms with Gasteiger partial charge in [0.1, 0.15) is 0 Å². The van der Waals surface area contributed by atoms with Crippen LogP contribution in [0.3, 0.4) is 0 Å². The van der Waals surface area contributed by atoms with Crippen LogP contribution in [0, 0.1) is 3.57 Å². The molecule has 1 aromatic carbocycles. The largest absolute Gasteiger partial charge is 0.533 e. The van der Waals surface area contributed by atoms with Gasteiger partial charge in [-0.25, -0.2) is 9.59 Å². The van der Waals surface area contributed by atoms with E-state index in [1.54, 1.807) is 24.3 Å². The molecule has 0 bridgehead atoms. The Morgan fingerprint density at radius 1 is 1.12 bits per heavy atom. The van der Waals surface area contributed by atoms with Crippen LogP contribution in [0.25, 0.3) is 0 Å². The Hall–Kier alpha value is -1.51. The average molecular weight is 351 g/mol. The van der Waals surface area contributed by atoms with Gasteiger partial charge in [0, 0.05) is 3.57 Å². The molecule has 0 spiro atoms. The lowest BCUT2D eigenvalue weighted by molar-refractivity contribution is 0.0572. The number of rotatable bonds is 1. The first-order valence-electron chi connectivity index (χ1n) is 4.48. The summed E-state index contributed by atoms with van der Waals surface area (Å²) in [5.41, 5.74) is 0.364. The van der Waals surface area contributed by atoms with E-state index in [0.717, 1.165) is 10.7 Å². The smallest absolute Gasteiger partial charge is 0.450 e. The van der Waals surface area contributed by atoms with Crippen molar-refractivity contribution in [2.24, 2.45) is 0 Å². The number of ether oxygens (including phenoxy) is 2. The fourth-order valence-electron chi connectivity index (χ4n) is 0.967. The summed E-state index contributed by atoms with van der Waals surface area (Å²) >= 11 is 2.11. The number of carbonyl (C=O) groups is 2. The second kappa shape index (κ2) is 6.28. The van der Waals surface area contributed by atoms with E-state index in [-0.39, 0.29) is 0 Å². The molecule has 1 rings (SSSR count). The molecule has 0 aliphatic carbocycles. The number of benzene rings is 1. The van der Waals surface area contributed by atoms with Crippen molar-refractivity contribution in [3.05, 3.63) is 27.8 Å². The number of amides is 1. The zero-order valence-electron chi connectivity index (χ0n) is 9.18. The molecular weight excluding hydrogens is 341 g/mol. The molecule has 6 nitrogen and oxygen atoms in total. The van der Waals surface area contributed by atoms with Crippen LogP contribution in [0.5, 0.6) is 0 Å². The SMILES string of the molecule is COC(=O)ON(C(=O)OC)c1ccc(I)cc1. The van der Waals surface area contributed by atoms with E-state index in [0.29, 0.717) is 10.8 Å². The molecule has 1 aromatic rings. The van der Waals surface area contributed by atoms with Gasteiger partial charge in [-0.15, -0.1) is 5.06 Å². The number of anilines is 1. The number of halogens is 1. The Balaban J connectivity index is 2.93. The summed E-state index contributed by atoms with van der Waals surface area (Å²) in [4.78, 5) is 27.1. The first-order chi connectivity index (χ1) is 8.08. The third kappa shape index (κ3) is 3.77. The van der Waals surface area contributed by atoms with Crippen molar-refractivity contribution in [1.82, 2.24) is 0 Å². The van der Waals surface area contributed by atoms with Gasteiger partial charge in [0.2, 0.25) is 0 Å². The molecule has 0 aromatic heterocycles. The van der Waals surface area contributed by atoms with Crippen LogP contribution in [0.2, 0.25) is 0 Å². The highest BCUT2D eigenvalue weighted by atomic mass is 127. The molecule has 0 aliphatic rings. The van der Waals surface area contributed by atoms with Crippen molar-refractivity contribution < 1.29 is 23.9 Å². The van der Waals surface area contributed by atoms with E-state index in [2.05, 4.69) is 36.9 Å². The predicted molar refractivity (Wildman–Crippen MR) is 67.5 cm³/mol. The molecule has 1 amide bonds. The number of methoxy groups -OCH3 is 2. The average Bonchev–Trinajstić information content (AvgIpc) is 2.36. The quantitative estimate of drug-likeness (QED) is 0.442. The molecule has 0 fully saturated rings. The second-order valence-corrected chi connectivity index (χ2v) is 4.03. The highest BCUT2D eigenvalue weighted by Crippen LogP contribution is 2.18. The van der Waals surface area contributed by atoms with Crippen LogP contribution < -0.4 is 5.06 Å². The summed E-state index contributed by atoms with van der Waals surface area (Å²) in [7, 11) is 2.33. The molecule has 0 saturated carbocycles. The maximum atomic E-state index is 11.4. The molecule has 0 radical (unpaired) electrons. The molecule has 92 valence electrons. The van der Waals surface area contributed by atoms with Crippen molar-refractivity contribution in [2.75, 3.05) is 19.3 Å². The summed E-state index contributed by atoms with van der Waals surface area (Å²) in [6, 6.07) is 6.74. The van der Waals surface area contributed by atoms with Crippen LogP contribution in [0.1, 0.15) is 0 Å². The number of hydroxylamine groups is 1. The Kier molecular flexibility index (Phi) is 5.01. The van der Waals surface area contributed by atoms with Gasteiger partial charge in [-0.05, 0) is 46.9 Å². The first-order valence-corrected chi connectivity index (χ1v) is 5.56. The predicted octanol–water partition coefficient (Wildman–Crippen LogP) is 2.56. The maximum absolute atomic E-state index is 11.4.